The molecular weight excluding hydrogens is 346 g/mol. The molecule has 4 N–H and O–H groups in total. The fraction of sp³-hybridized carbons (Fsp3) is 0.550. The molecule has 148 valence electrons. The van der Waals surface area contributed by atoms with Gasteiger partial charge in [-0.2, -0.15) is 0 Å². The molecule has 3 atom stereocenters. The summed E-state index contributed by atoms with van der Waals surface area (Å²) in [7, 11) is 0. The van der Waals surface area contributed by atoms with E-state index in [1.54, 1.807) is 0 Å². The summed E-state index contributed by atoms with van der Waals surface area (Å²) in [5, 5.41) is 12.4. The topological polar surface area (TPSA) is 113 Å². The summed E-state index contributed by atoms with van der Waals surface area (Å²) in [5.74, 6) is -1.41. The number of nitrogens with one attached hydrogen (secondary N) is 1. The first-order valence-electron chi connectivity index (χ1n) is 9.13. The Kier molecular flexibility index (Phi) is 6.26. The zero-order valence-electron chi connectivity index (χ0n) is 16.4. The first-order valence-corrected chi connectivity index (χ1v) is 9.13. The van der Waals surface area contributed by atoms with Crippen molar-refractivity contribution in [2.24, 2.45) is 5.73 Å². The van der Waals surface area contributed by atoms with Crippen LogP contribution in [-0.4, -0.2) is 52.5 Å². The van der Waals surface area contributed by atoms with Crippen LogP contribution in [0.15, 0.2) is 24.3 Å². The molecule has 7 nitrogen and oxygen atoms in total. The van der Waals surface area contributed by atoms with Crippen LogP contribution in [0.2, 0.25) is 0 Å². The van der Waals surface area contributed by atoms with Gasteiger partial charge in [0.15, 0.2) is 0 Å². The molecular formula is C20H29N3O4. The van der Waals surface area contributed by atoms with Gasteiger partial charge in [-0.3, -0.25) is 14.4 Å². The number of benzene rings is 1. The number of aliphatic hydroxyl groups is 1. The van der Waals surface area contributed by atoms with E-state index in [2.05, 4.69) is 26.1 Å². The molecule has 1 saturated heterocycles. The molecule has 0 spiro atoms. The van der Waals surface area contributed by atoms with Crippen LogP contribution in [0.4, 0.5) is 0 Å². The molecule has 1 aliphatic heterocycles. The normalized spacial score (nSPS) is 21.0. The lowest BCUT2D eigenvalue weighted by molar-refractivity contribution is -0.138. The average Bonchev–Trinajstić information content (AvgIpc) is 2.96. The molecule has 0 radical (unpaired) electrons. The van der Waals surface area contributed by atoms with Crippen LogP contribution in [0.1, 0.15) is 45.2 Å². The standard InChI is InChI=1S/C20H29N3O4/c1-12(24)23-11-15(25)10-17(23)19(27)22-16(18(21)26)9-13-5-7-14(8-6-13)20(2,3)4/h5-8,15-17,25H,9-11H2,1-4H3,(H2,21,26)(H,22,27)/t15-,16+,17+/m1/s1. The maximum Gasteiger partial charge on any atom is 0.243 e. The minimum absolute atomic E-state index is 0.0231. The van der Waals surface area contributed by atoms with Gasteiger partial charge in [0.25, 0.3) is 0 Å². The van der Waals surface area contributed by atoms with Crippen molar-refractivity contribution in [1.29, 1.82) is 0 Å². The molecule has 1 heterocycles. The molecule has 7 heteroatoms. The predicted molar refractivity (Wildman–Crippen MR) is 102 cm³/mol. The highest BCUT2D eigenvalue weighted by Crippen LogP contribution is 2.23. The fourth-order valence-electron chi connectivity index (χ4n) is 3.28. The summed E-state index contributed by atoms with van der Waals surface area (Å²) in [6.07, 6.45) is -0.334. The first-order chi connectivity index (χ1) is 12.5. The van der Waals surface area contributed by atoms with Gasteiger partial charge >= 0.3 is 0 Å². The number of nitrogens with two attached hydrogens (primary N) is 1. The van der Waals surface area contributed by atoms with Crippen LogP contribution < -0.4 is 11.1 Å². The van der Waals surface area contributed by atoms with Crippen molar-refractivity contribution in [2.45, 2.75) is 64.1 Å². The van der Waals surface area contributed by atoms with Crippen LogP contribution in [0, 0.1) is 0 Å². The van der Waals surface area contributed by atoms with E-state index in [1.807, 2.05) is 24.3 Å². The van der Waals surface area contributed by atoms with Crippen molar-refractivity contribution in [3.8, 4) is 0 Å². The Hall–Kier alpha value is -2.41. The number of likely N-dealkylation sites (tertiary alicyclic amines) is 1. The van der Waals surface area contributed by atoms with Crippen LogP contribution in [0.3, 0.4) is 0 Å². The highest BCUT2D eigenvalue weighted by atomic mass is 16.3. The smallest absolute Gasteiger partial charge is 0.243 e. The van der Waals surface area contributed by atoms with Gasteiger partial charge in [0.2, 0.25) is 17.7 Å². The van der Waals surface area contributed by atoms with Gasteiger partial charge in [0, 0.05) is 26.3 Å². The summed E-state index contributed by atoms with van der Waals surface area (Å²) < 4.78 is 0. The molecule has 27 heavy (non-hydrogen) atoms. The van der Waals surface area contributed by atoms with Gasteiger partial charge in [-0.25, -0.2) is 0 Å². The van der Waals surface area contributed by atoms with E-state index in [0.717, 1.165) is 5.56 Å². The van der Waals surface area contributed by atoms with Gasteiger partial charge in [-0.15, -0.1) is 0 Å². The summed E-state index contributed by atoms with van der Waals surface area (Å²) >= 11 is 0. The van der Waals surface area contributed by atoms with Crippen molar-refractivity contribution in [2.75, 3.05) is 6.54 Å². The van der Waals surface area contributed by atoms with Gasteiger partial charge in [-0.05, 0) is 16.5 Å². The number of primary amides is 1. The predicted octanol–water partition coefficient (Wildman–Crippen LogP) is 0.478. The fourth-order valence-corrected chi connectivity index (χ4v) is 3.28. The van der Waals surface area contributed by atoms with Crippen LogP contribution in [0.5, 0.6) is 0 Å². The zero-order chi connectivity index (χ0) is 20.4. The van der Waals surface area contributed by atoms with Crippen LogP contribution in [0.25, 0.3) is 0 Å². The van der Waals surface area contributed by atoms with Crippen LogP contribution >= 0.6 is 0 Å². The average molecular weight is 375 g/mol. The molecule has 3 amide bonds. The lowest BCUT2D eigenvalue weighted by atomic mass is 9.86. The monoisotopic (exact) mass is 375 g/mol. The minimum atomic E-state index is -0.885. The van der Waals surface area contributed by atoms with Gasteiger partial charge in [0.1, 0.15) is 12.1 Å². The quantitative estimate of drug-likeness (QED) is 0.695. The Labute approximate surface area is 159 Å². The molecule has 1 aromatic rings. The number of rotatable bonds is 5. The van der Waals surface area contributed by atoms with Gasteiger partial charge in [0.05, 0.1) is 6.10 Å². The number of hydrogen-bond donors (Lipinski definition) is 3. The van der Waals surface area contributed by atoms with E-state index in [-0.39, 0.29) is 30.7 Å². The molecule has 0 bridgehead atoms. The highest BCUT2D eigenvalue weighted by molar-refractivity contribution is 5.91. The Morgan fingerprint density at radius 1 is 1.26 bits per heavy atom. The number of β-amino-alcohol motifs (C(OH)–C–C–N with tert-alkyl or cyclic N) is 1. The number of nitrogens with zero attached hydrogens (tertiary/aromatic N) is 1. The number of carbonyl (C=O) groups excluding carboxylic acids is 3. The second-order valence-electron chi connectivity index (χ2n) is 8.19. The molecule has 0 aliphatic carbocycles. The second-order valence-corrected chi connectivity index (χ2v) is 8.19. The van der Waals surface area contributed by atoms with Gasteiger partial charge < -0.3 is 21.1 Å². The molecule has 1 aromatic carbocycles. The van der Waals surface area contributed by atoms with Crippen molar-refractivity contribution in [3.05, 3.63) is 35.4 Å². The van der Waals surface area contributed by atoms with E-state index in [1.165, 1.54) is 17.4 Å². The van der Waals surface area contributed by atoms with Crippen LogP contribution in [-0.2, 0) is 26.2 Å². The van der Waals surface area contributed by atoms with Crippen molar-refractivity contribution in [1.82, 2.24) is 10.2 Å². The summed E-state index contributed by atoms with van der Waals surface area (Å²) in [4.78, 5) is 37.4. The number of aliphatic hydroxyl groups excluding tert-OH is 1. The maximum atomic E-state index is 12.6. The third-order valence-electron chi connectivity index (χ3n) is 4.91. The molecule has 1 aliphatic rings. The van der Waals surface area contributed by atoms with E-state index >= 15 is 0 Å². The van der Waals surface area contributed by atoms with Crippen molar-refractivity contribution < 1.29 is 19.5 Å². The molecule has 0 saturated carbocycles. The number of amides is 3. The SMILES string of the molecule is CC(=O)N1C[C@H](O)C[C@H]1C(=O)N[C@@H](Cc1ccc(C(C)(C)C)cc1)C(N)=O. The third kappa shape index (κ3) is 5.29. The molecule has 0 aromatic heterocycles. The number of hydrogen-bond acceptors (Lipinski definition) is 4. The minimum Gasteiger partial charge on any atom is -0.391 e. The number of carbonyl (C=O) groups is 3. The molecule has 1 fully saturated rings. The second kappa shape index (κ2) is 8.08. The Balaban J connectivity index is 2.08. The zero-order valence-corrected chi connectivity index (χ0v) is 16.4. The maximum absolute atomic E-state index is 12.6. The highest BCUT2D eigenvalue weighted by Gasteiger charge is 2.38. The Morgan fingerprint density at radius 2 is 1.85 bits per heavy atom. The Morgan fingerprint density at radius 3 is 2.33 bits per heavy atom. The van der Waals surface area contributed by atoms with E-state index in [0.29, 0.717) is 0 Å². The van der Waals surface area contributed by atoms with E-state index < -0.39 is 30.0 Å². The lowest BCUT2D eigenvalue weighted by Gasteiger charge is -2.24. The Bertz CT molecular complexity index is 709. The summed E-state index contributed by atoms with van der Waals surface area (Å²) in [6, 6.07) is 6.17. The van der Waals surface area contributed by atoms with E-state index in [4.69, 9.17) is 5.73 Å². The first kappa shape index (κ1) is 20.9. The largest absolute Gasteiger partial charge is 0.391 e. The van der Waals surface area contributed by atoms with Crippen molar-refractivity contribution >= 4 is 17.7 Å². The molecule has 2 rings (SSSR count). The summed E-state index contributed by atoms with van der Waals surface area (Å²) in [5.41, 5.74) is 7.54. The third-order valence-corrected chi connectivity index (χ3v) is 4.91. The molecule has 0 unspecified atom stereocenters. The van der Waals surface area contributed by atoms with Gasteiger partial charge in [-0.1, -0.05) is 45.0 Å². The van der Waals surface area contributed by atoms with Crippen molar-refractivity contribution in [3.63, 3.8) is 0 Å². The van der Waals surface area contributed by atoms with E-state index in [9.17, 15) is 19.5 Å². The lowest BCUT2D eigenvalue weighted by Crippen LogP contribution is -2.52. The summed E-state index contributed by atoms with van der Waals surface area (Å²) in [6.45, 7) is 7.81.